The van der Waals surface area contributed by atoms with Crippen molar-refractivity contribution in [2.45, 2.75) is 90.1 Å². The van der Waals surface area contributed by atoms with E-state index in [1.807, 2.05) is 0 Å². The Labute approximate surface area is 148 Å². The minimum atomic E-state index is -5.13. The fourth-order valence-electron chi connectivity index (χ4n) is 3.68. The van der Waals surface area contributed by atoms with E-state index in [0.29, 0.717) is 5.92 Å². The molecule has 1 unspecified atom stereocenters. The molecule has 1 aliphatic rings. The van der Waals surface area contributed by atoms with Crippen molar-refractivity contribution in [1.29, 1.82) is 0 Å². The van der Waals surface area contributed by atoms with Crippen LogP contribution < -0.4 is 0 Å². The second-order valence-corrected chi connectivity index (χ2v) is 7.11. The maximum absolute atomic E-state index is 12.6. The first-order valence-corrected chi connectivity index (χ1v) is 9.61. The minimum absolute atomic E-state index is 0.0665. The van der Waals surface area contributed by atoms with Crippen LogP contribution in [0.15, 0.2) is 11.8 Å². The summed E-state index contributed by atoms with van der Waals surface area (Å²) >= 11 is 0. The predicted octanol–water partition coefficient (Wildman–Crippen LogP) is 7.62. The van der Waals surface area contributed by atoms with Gasteiger partial charge in [-0.25, -0.2) is 0 Å². The van der Waals surface area contributed by atoms with Gasteiger partial charge in [-0.2, -0.15) is 22.0 Å². The highest BCUT2D eigenvalue weighted by Gasteiger charge is 2.41. The van der Waals surface area contributed by atoms with Crippen LogP contribution in [0.25, 0.3) is 0 Å². The van der Waals surface area contributed by atoms with Crippen LogP contribution >= 0.6 is 0 Å². The molecular weight excluding hydrogens is 339 g/mol. The summed E-state index contributed by atoms with van der Waals surface area (Å²) in [5.41, 5.74) is 0. The van der Waals surface area contributed by atoms with Crippen molar-refractivity contribution in [1.82, 2.24) is 0 Å². The Kier molecular flexibility index (Phi) is 10.4. The molecule has 0 amide bonds. The molecule has 0 radical (unpaired) electrons. The Balaban J connectivity index is 2.54. The first kappa shape index (κ1) is 22.2. The fourth-order valence-corrected chi connectivity index (χ4v) is 3.68. The molecule has 0 N–H and O–H groups in total. The van der Waals surface area contributed by atoms with Crippen molar-refractivity contribution >= 4 is 0 Å². The van der Waals surface area contributed by atoms with Crippen molar-refractivity contribution in [3.63, 3.8) is 0 Å². The van der Waals surface area contributed by atoms with E-state index in [2.05, 4.69) is 11.7 Å². The lowest BCUT2D eigenvalue weighted by Crippen LogP contribution is -2.25. The van der Waals surface area contributed by atoms with Crippen molar-refractivity contribution in [3.05, 3.63) is 11.8 Å². The number of ether oxygens (including phenoxy) is 1. The summed E-state index contributed by atoms with van der Waals surface area (Å²) in [6.07, 6.45) is 4.70. The third kappa shape index (κ3) is 8.91. The zero-order chi connectivity index (χ0) is 18.7. The molecule has 0 spiro atoms. The van der Waals surface area contributed by atoms with Gasteiger partial charge in [-0.15, -0.1) is 0 Å². The van der Waals surface area contributed by atoms with Crippen molar-refractivity contribution in [2.24, 2.45) is 11.8 Å². The molecule has 0 aromatic carbocycles. The summed E-state index contributed by atoms with van der Waals surface area (Å²) in [4.78, 5) is 0. The van der Waals surface area contributed by atoms with Gasteiger partial charge < -0.3 is 4.74 Å². The molecule has 148 valence electrons. The average molecular weight is 370 g/mol. The molecule has 6 heteroatoms. The molecule has 0 heterocycles. The van der Waals surface area contributed by atoms with E-state index in [1.165, 1.54) is 19.3 Å². The molecule has 1 rings (SSSR count). The van der Waals surface area contributed by atoms with Crippen LogP contribution in [0.5, 0.6) is 0 Å². The lowest BCUT2D eigenvalue weighted by Gasteiger charge is -2.30. The molecule has 1 aliphatic carbocycles. The predicted molar refractivity (Wildman–Crippen MR) is 89.3 cm³/mol. The normalized spacial score (nSPS) is 17.4. The van der Waals surface area contributed by atoms with Crippen LogP contribution in [0.2, 0.25) is 0 Å². The molecule has 0 aromatic heterocycles. The first-order valence-electron chi connectivity index (χ1n) is 9.61. The molecule has 1 atom stereocenters. The van der Waals surface area contributed by atoms with Gasteiger partial charge >= 0.3 is 12.3 Å². The number of hydrogen-bond donors (Lipinski definition) is 0. The maximum Gasteiger partial charge on any atom is 0.454 e. The summed E-state index contributed by atoms with van der Waals surface area (Å²) in [7, 11) is 0. The van der Waals surface area contributed by atoms with E-state index in [9.17, 15) is 22.0 Å². The number of hydrogen-bond acceptors (Lipinski definition) is 1. The molecule has 1 fully saturated rings. The standard InChI is InChI=1S/C19H31F5O/c1-2-3-4-5-6-8-13-16(15-11-9-7-10-12-15)14-25-17(18(20)21)19(22,23)24/h15-16H,2-14H2,1H3. The number of unbranched alkanes of at least 4 members (excludes halogenated alkanes) is 5. The maximum atomic E-state index is 12.6. The van der Waals surface area contributed by atoms with Crippen LogP contribution in [-0.4, -0.2) is 12.8 Å². The van der Waals surface area contributed by atoms with Crippen LogP contribution in [0, 0.1) is 11.8 Å². The summed E-state index contributed by atoms with van der Waals surface area (Å²) in [6.45, 7) is 1.89. The Hall–Kier alpha value is -0.810. The monoisotopic (exact) mass is 370 g/mol. The van der Waals surface area contributed by atoms with Gasteiger partial charge in [0, 0.05) is 0 Å². The second kappa shape index (κ2) is 11.7. The van der Waals surface area contributed by atoms with Gasteiger partial charge in [0.15, 0.2) is 0 Å². The zero-order valence-electron chi connectivity index (χ0n) is 15.1. The van der Waals surface area contributed by atoms with E-state index in [0.717, 1.165) is 57.8 Å². The van der Waals surface area contributed by atoms with E-state index < -0.39 is 18.0 Å². The highest BCUT2D eigenvalue weighted by molar-refractivity contribution is 5.01. The Bertz CT molecular complexity index is 382. The van der Waals surface area contributed by atoms with Crippen molar-refractivity contribution < 1.29 is 26.7 Å². The third-order valence-electron chi connectivity index (χ3n) is 5.12. The molecule has 0 aliphatic heterocycles. The van der Waals surface area contributed by atoms with E-state index in [-0.39, 0.29) is 12.5 Å². The average Bonchev–Trinajstić information content (AvgIpc) is 2.55. The lowest BCUT2D eigenvalue weighted by atomic mass is 9.78. The number of allylic oxidation sites excluding steroid dienone is 1. The van der Waals surface area contributed by atoms with Crippen LogP contribution in [-0.2, 0) is 4.74 Å². The molecule has 25 heavy (non-hydrogen) atoms. The van der Waals surface area contributed by atoms with Crippen molar-refractivity contribution in [2.75, 3.05) is 6.61 Å². The summed E-state index contributed by atoms with van der Waals surface area (Å²) in [6, 6.07) is 0. The molecular formula is C19H31F5O. The van der Waals surface area contributed by atoms with Gasteiger partial charge in [-0.05, 0) is 18.3 Å². The highest BCUT2D eigenvalue weighted by atomic mass is 19.4. The number of rotatable bonds is 11. The van der Waals surface area contributed by atoms with Gasteiger partial charge in [0.2, 0.25) is 0 Å². The van der Waals surface area contributed by atoms with E-state index in [1.54, 1.807) is 0 Å². The Morgan fingerprint density at radius 2 is 1.56 bits per heavy atom. The first-order chi connectivity index (χ1) is 11.9. The molecule has 0 aromatic rings. The van der Waals surface area contributed by atoms with Crippen LogP contribution in [0.3, 0.4) is 0 Å². The topological polar surface area (TPSA) is 9.23 Å². The largest absolute Gasteiger partial charge is 0.485 e. The van der Waals surface area contributed by atoms with Gasteiger partial charge in [-0.3, -0.25) is 0 Å². The van der Waals surface area contributed by atoms with Gasteiger partial charge in [0.25, 0.3) is 5.76 Å². The van der Waals surface area contributed by atoms with Crippen molar-refractivity contribution in [3.8, 4) is 0 Å². The molecule has 0 bridgehead atoms. The Morgan fingerprint density at radius 3 is 2.12 bits per heavy atom. The van der Waals surface area contributed by atoms with Crippen LogP contribution in [0.4, 0.5) is 22.0 Å². The smallest absolute Gasteiger partial charge is 0.454 e. The SMILES string of the molecule is CCCCCCCCC(COC(=C(F)F)C(F)(F)F)C1CCCCC1. The van der Waals surface area contributed by atoms with Gasteiger partial charge in [0.1, 0.15) is 0 Å². The van der Waals surface area contributed by atoms with E-state index in [4.69, 9.17) is 0 Å². The lowest BCUT2D eigenvalue weighted by molar-refractivity contribution is -0.140. The molecule has 1 saturated carbocycles. The fraction of sp³-hybridized carbons (Fsp3) is 0.895. The summed E-state index contributed by atoms with van der Waals surface area (Å²) in [5, 5.41) is 0. The second-order valence-electron chi connectivity index (χ2n) is 7.11. The van der Waals surface area contributed by atoms with Gasteiger partial charge in [0.05, 0.1) is 6.61 Å². The van der Waals surface area contributed by atoms with Gasteiger partial charge in [-0.1, -0.05) is 77.6 Å². The number of halogens is 5. The Morgan fingerprint density at radius 1 is 0.960 bits per heavy atom. The summed E-state index contributed by atoms with van der Waals surface area (Å²) in [5.74, 6) is -1.89. The summed E-state index contributed by atoms with van der Waals surface area (Å²) < 4.78 is 67.6. The zero-order valence-corrected chi connectivity index (χ0v) is 15.1. The number of alkyl halides is 3. The van der Waals surface area contributed by atoms with E-state index >= 15 is 0 Å². The third-order valence-corrected chi connectivity index (χ3v) is 5.12. The molecule has 0 saturated heterocycles. The van der Waals surface area contributed by atoms with Crippen LogP contribution in [0.1, 0.15) is 84.0 Å². The minimum Gasteiger partial charge on any atom is -0.485 e. The molecule has 1 nitrogen and oxygen atoms in total. The quantitative estimate of drug-likeness (QED) is 0.206. The highest BCUT2D eigenvalue weighted by Crippen LogP contribution is 2.36.